The summed E-state index contributed by atoms with van der Waals surface area (Å²) in [4.78, 5) is 14.4. The molecule has 0 aromatic heterocycles. The first-order valence-corrected chi connectivity index (χ1v) is 10.1. The van der Waals surface area contributed by atoms with E-state index in [0.717, 1.165) is 28.7 Å². The Labute approximate surface area is 171 Å². The number of Topliss-reactive ketones (excluding diaryl/α,β-unsaturated/α-hetero) is 1. The monoisotopic (exact) mass is 374 g/mol. The highest BCUT2D eigenvalue weighted by atomic mass is 16.1. The maximum absolute atomic E-state index is 14.4. The third-order valence-electron chi connectivity index (χ3n) is 6.37. The molecule has 5 rings (SSSR count). The Morgan fingerprint density at radius 3 is 0.862 bits per heavy atom. The largest absolute Gasteiger partial charge is 0.297 e. The standard InChI is InChI=1S/C28H22O/c29-26-27(22-13-5-1-6-14-22,23-15-7-2-8-16-23)21-28(26,24-17-9-3-10-18-24)25-19-11-4-12-20-25/h1-20H,21H2. The number of benzene rings is 4. The van der Waals surface area contributed by atoms with Crippen molar-refractivity contribution in [1.29, 1.82) is 0 Å². The van der Waals surface area contributed by atoms with Crippen LogP contribution in [0.25, 0.3) is 0 Å². The molecule has 1 heteroatoms. The van der Waals surface area contributed by atoms with Crippen molar-refractivity contribution in [1.82, 2.24) is 0 Å². The first-order chi connectivity index (χ1) is 14.3. The van der Waals surface area contributed by atoms with Crippen LogP contribution in [0.15, 0.2) is 121 Å². The molecule has 140 valence electrons. The van der Waals surface area contributed by atoms with Gasteiger partial charge < -0.3 is 0 Å². The average Bonchev–Trinajstić information content (AvgIpc) is 2.81. The fraction of sp³-hybridized carbons (Fsp3) is 0.107. The highest BCUT2D eigenvalue weighted by molar-refractivity contribution is 6.10. The molecule has 0 heterocycles. The van der Waals surface area contributed by atoms with Crippen LogP contribution in [0.2, 0.25) is 0 Å². The van der Waals surface area contributed by atoms with Gasteiger partial charge in [-0.05, 0) is 28.7 Å². The fourth-order valence-corrected chi connectivity index (χ4v) is 4.97. The smallest absolute Gasteiger partial charge is 0.162 e. The molecule has 0 saturated heterocycles. The number of carbonyl (C=O) groups excluding carboxylic acids is 1. The summed E-state index contributed by atoms with van der Waals surface area (Å²) in [6.07, 6.45) is 0.723. The van der Waals surface area contributed by atoms with Gasteiger partial charge in [0.2, 0.25) is 0 Å². The Morgan fingerprint density at radius 2 is 0.655 bits per heavy atom. The zero-order valence-electron chi connectivity index (χ0n) is 16.2. The van der Waals surface area contributed by atoms with Gasteiger partial charge in [-0.2, -0.15) is 0 Å². The van der Waals surface area contributed by atoms with E-state index in [4.69, 9.17) is 0 Å². The Hall–Kier alpha value is -3.45. The van der Waals surface area contributed by atoms with Crippen molar-refractivity contribution in [2.75, 3.05) is 0 Å². The Bertz CT molecular complexity index is 946. The summed E-state index contributed by atoms with van der Waals surface area (Å²) in [5, 5.41) is 0. The van der Waals surface area contributed by atoms with Crippen LogP contribution in [-0.4, -0.2) is 5.78 Å². The SMILES string of the molecule is O=C1C(c2ccccc2)(c2ccccc2)CC1(c1ccccc1)c1ccccc1. The van der Waals surface area contributed by atoms with Gasteiger partial charge in [0.25, 0.3) is 0 Å². The molecule has 4 aromatic rings. The Kier molecular flexibility index (Phi) is 4.17. The van der Waals surface area contributed by atoms with Crippen molar-refractivity contribution in [3.05, 3.63) is 144 Å². The second-order valence-corrected chi connectivity index (χ2v) is 7.78. The van der Waals surface area contributed by atoms with E-state index in [2.05, 4.69) is 48.5 Å². The molecule has 1 fully saturated rings. The van der Waals surface area contributed by atoms with E-state index in [9.17, 15) is 4.79 Å². The molecule has 0 unspecified atom stereocenters. The van der Waals surface area contributed by atoms with Crippen molar-refractivity contribution in [3.8, 4) is 0 Å². The molecular formula is C28H22O. The van der Waals surface area contributed by atoms with Crippen molar-refractivity contribution < 1.29 is 4.79 Å². The lowest BCUT2D eigenvalue weighted by molar-refractivity contribution is -0.137. The number of hydrogen-bond donors (Lipinski definition) is 0. The molecule has 1 saturated carbocycles. The zero-order valence-corrected chi connectivity index (χ0v) is 16.2. The second kappa shape index (κ2) is 6.86. The second-order valence-electron chi connectivity index (χ2n) is 7.78. The normalized spacial score (nSPS) is 16.8. The maximum Gasteiger partial charge on any atom is 0.162 e. The van der Waals surface area contributed by atoms with E-state index in [-0.39, 0.29) is 5.78 Å². The lowest BCUT2D eigenvalue weighted by Gasteiger charge is -2.55. The third-order valence-corrected chi connectivity index (χ3v) is 6.37. The molecule has 0 N–H and O–H groups in total. The summed E-state index contributed by atoms with van der Waals surface area (Å²) < 4.78 is 0. The average molecular weight is 374 g/mol. The van der Waals surface area contributed by atoms with Crippen LogP contribution in [0.1, 0.15) is 28.7 Å². The van der Waals surface area contributed by atoms with Gasteiger partial charge in [0.05, 0.1) is 10.8 Å². The third kappa shape index (κ3) is 2.51. The zero-order chi connectivity index (χ0) is 19.7. The lowest BCUT2D eigenvalue weighted by Crippen LogP contribution is -2.63. The number of carbonyl (C=O) groups is 1. The summed E-state index contributed by atoms with van der Waals surface area (Å²) in [5.74, 6) is 0.250. The predicted molar refractivity (Wildman–Crippen MR) is 117 cm³/mol. The molecule has 1 nitrogen and oxygen atoms in total. The van der Waals surface area contributed by atoms with E-state index in [1.807, 2.05) is 72.8 Å². The van der Waals surface area contributed by atoms with Gasteiger partial charge in [0.1, 0.15) is 0 Å². The van der Waals surface area contributed by atoms with Crippen LogP contribution in [0, 0.1) is 0 Å². The predicted octanol–water partition coefficient (Wildman–Crippen LogP) is 5.93. The first kappa shape index (κ1) is 17.6. The molecule has 1 aliphatic rings. The molecule has 0 atom stereocenters. The molecule has 0 aliphatic heterocycles. The minimum Gasteiger partial charge on any atom is -0.297 e. The molecule has 29 heavy (non-hydrogen) atoms. The van der Waals surface area contributed by atoms with Crippen molar-refractivity contribution in [3.63, 3.8) is 0 Å². The van der Waals surface area contributed by atoms with Crippen molar-refractivity contribution in [2.24, 2.45) is 0 Å². The van der Waals surface area contributed by atoms with Gasteiger partial charge in [-0.25, -0.2) is 0 Å². The number of ketones is 1. The molecular weight excluding hydrogens is 352 g/mol. The van der Waals surface area contributed by atoms with Gasteiger partial charge >= 0.3 is 0 Å². The molecule has 0 amide bonds. The first-order valence-electron chi connectivity index (χ1n) is 10.1. The minimum atomic E-state index is -0.631. The van der Waals surface area contributed by atoms with Crippen LogP contribution >= 0.6 is 0 Å². The molecule has 0 spiro atoms. The van der Waals surface area contributed by atoms with E-state index in [1.54, 1.807) is 0 Å². The Balaban J connectivity index is 1.75. The van der Waals surface area contributed by atoms with Crippen LogP contribution < -0.4 is 0 Å². The number of rotatable bonds is 4. The highest BCUT2D eigenvalue weighted by Gasteiger charge is 2.65. The van der Waals surface area contributed by atoms with Crippen LogP contribution in [-0.2, 0) is 15.6 Å². The van der Waals surface area contributed by atoms with Gasteiger partial charge in [-0.1, -0.05) is 121 Å². The van der Waals surface area contributed by atoms with E-state index in [0.29, 0.717) is 0 Å². The van der Waals surface area contributed by atoms with Crippen LogP contribution in [0.4, 0.5) is 0 Å². The van der Waals surface area contributed by atoms with E-state index >= 15 is 0 Å². The summed E-state index contributed by atoms with van der Waals surface area (Å²) in [6, 6.07) is 40.9. The van der Waals surface area contributed by atoms with Gasteiger partial charge in [0, 0.05) is 0 Å². The Morgan fingerprint density at radius 1 is 0.414 bits per heavy atom. The molecule has 1 aliphatic carbocycles. The summed E-state index contributed by atoms with van der Waals surface area (Å²) in [5.41, 5.74) is 3.01. The summed E-state index contributed by atoms with van der Waals surface area (Å²) >= 11 is 0. The molecule has 4 aromatic carbocycles. The highest BCUT2D eigenvalue weighted by Crippen LogP contribution is 2.59. The van der Waals surface area contributed by atoms with Gasteiger partial charge in [0.15, 0.2) is 5.78 Å². The van der Waals surface area contributed by atoms with Crippen molar-refractivity contribution in [2.45, 2.75) is 17.3 Å². The van der Waals surface area contributed by atoms with Crippen LogP contribution in [0.5, 0.6) is 0 Å². The molecule has 0 bridgehead atoms. The fourth-order valence-electron chi connectivity index (χ4n) is 4.97. The number of hydrogen-bond acceptors (Lipinski definition) is 1. The molecule has 0 radical (unpaired) electrons. The van der Waals surface area contributed by atoms with Gasteiger partial charge in [-0.3, -0.25) is 4.79 Å². The summed E-state index contributed by atoms with van der Waals surface area (Å²) in [7, 11) is 0. The lowest BCUT2D eigenvalue weighted by atomic mass is 9.43. The van der Waals surface area contributed by atoms with Gasteiger partial charge in [-0.15, -0.1) is 0 Å². The van der Waals surface area contributed by atoms with E-state index < -0.39 is 10.8 Å². The minimum absolute atomic E-state index is 0.250. The topological polar surface area (TPSA) is 17.1 Å². The van der Waals surface area contributed by atoms with Crippen LogP contribution in [0.3, 0.4) is 0 Å². The van der Waals surface area contributed by atoms with Crippen molar-refractivity contribution >= 4 is 5.78 Å². The maximum atomic E-state index is 14.4. The quantitative estimate of drug-likeness (QED) is 0.432. The van der Waals surface area contributed by atoms with E-state index in [1.165, 1.54) is 0 Å². The summed E-state index contributed by atoms with van der Waals surface area (Å²) in [6.45, 7) is 0.